The number of esters is 1. The van der Waals surface area contributed by atoms with Gasteiger partial charge >= 0.3 is 5.97 Å². The first-order chi connectivity index (χ1) is 12.6. The lowest BCUT2D eigenvalue weighted by atomic mass is 10.1. The predicted octanol–water partition coefficient (Wildman–Crippen LogP) is 4.47. The molecule has 5 heteroatoms. The van der Waals surface area contributed by atoms with E-state index in [1.807, 2.05) is 10.6 Å². The van der Waals surface area contributed by atoms with E-state index in [1.165, 1.54) is 24.3 Å². The number of nitrogens with zero attached hydrogens (tertiary/aromatic N) is 1. The van der Waals surface area contributed by atoms with Crippen LogP contribution in [0.4, 0.5) is 4.39 Å². The molecule has 1 aromatic carbocycles. The first kappa shape index (κ1) is 18.4. The first-order valence-electron chi connectivity index (χ1n) is 9.28. The number of halogens is 1. The van der Waals surface area contributed by atoms with Crippen LogP contribution in [0.1, 0.15) is 66.7 Å². The van der Waals surface area contributed by atoms with Crippen LogP contribution in [0.15, 0.2) is 36.4 Å². The molecule has 3 rings (SSSR count). The maximum Gasteiger partial charge on any atom is 0.315 e. The molecule has 26 heavy (non-hydrogen) atoms. The zero-order valence-corrected chi connectivity index (χ0v) is 15.0. The third-order valence-corrected chi connectivity index (χ3v) is 4.88. The highest BCUT2D eigenvalue weighted by atomic mass is 19.1. The lowest BCUT2D eigenvalue weighted by Crippen LogP contribution is -2.14. The second kappa shape index (κ2) is 8.30. The Labute approximate surface area is 153 Å². The number of hydrogen-bond donors (Lipinski definition) is 0. The van der Waals surface area contributed by atoms with E-state index in [0.717, 1.165) is 31.4 Å². The average molecular weight is 357 g/mol. The van der Waals surface area contributed by atoms with Crippen LogP contribution < -0.4 is 0 Å². The van der Waals surface area contributed by atoms with Gasteiger partial charge in [-0.2, -0.15) is 0 Å². The number of carbonyl (C=O) groups excluding carboxylic acids is 2. The van der Waals surface area contributed by atoms with E-state index in [9.17, 15) is 14.0 Å². The van der Waals surface area contributed by atoms with Crippen LogP contribution in [-0.2, 0) is 16.1 Å². The van der Waals surface area contributed by atoms with Crippen LogP contribution in [0.5, 0.6) is 0 Å². The number of hydrogen-bond acceptors (Lipinski definition) is 3. The number of ether oxygens (including phenoxy) is 1. The minimum atomic E-state index is -0.372. The normalized spacial score (nSPS) is 15.7. The number of benzene rings is 1. The van der Waals surface area contributed by atoms with E-state index in [1.54, 1.807) is 6.07 Å². The van der Waals surface area contributed by atoms with Crippen LogP contribution in [0.2, 0.25) is 0 Å². The van der Waals surface area contributed by atoms with Crippen molar-refractivity contribution in [2.24, 2.45) is 0 Å². The Bertz CT molecular complexity index is 779. The van der Waals surface area contributed by atoms with Crippen LogP contribution in [0.25, 0.3) is 0 Å². The molecule has 4 nitrogen and oxygen atoms in total. The van der Waals surface area contributed by atoms with Crippen molar-refractivity contribution in [2.75, 3.05) is 6.61 Å². The summed E-state index contributed by atoms with van der Waals surface area (Å²) >= 11 is 0. The Morgan fingerprint density at radius 1 is 1.12 bits per heavy atom. The molecule has 0 aliphatic carbocycles. The van der Waals surface area contributed by atoms with Gasteiger partial charge in [0, 0.05) is 17.8 Å². The summed E-state index contributed by atoms with van der Waals surface area (Å²) in [7, 11) is 0. The van der Waals surface area contributed by atoms with Gasteiger partial charge in [0.25, 0.3) is 0 Å². The van der Waals surface area contributed by atoms with Crippen LogP contribution in [0.3, 0.4) is 0 Å². The maximum atomic E-state index is 13.1. The second-order valence-electron chi connectivity index (χ2n) is 6.70. The largest absolute Gasteiger partial charge is 0.465 e. The summed E-state index contributed by atoms with van der Waals surface area (Å²) in [5.74, 6) is -1.05. The quantitative estimate of drug-likeness (QED) is 0.398. The molecule has 0 N–H and O–H groups in total. The van der Waals surface area contributed by atoms with E-state index in [0.29, 0.717) is 30.8 Å². The number of ketones is 1. The lowest BCUT2D eigenvalue weighted by Gasteiger charge is -2.10. The molecule has 2 heterocycles. The van der Waals surface area contributed by atoms with Crippen molar-refractivity contribution in [1.29, 1.82) is 0 Å². The van der Waals surface area contributed by atoms with Crippen molar-refractivity contribution in [2.45, 2.75) is 51.5 Å². The maximum absolute atomic E-state index is 13.1. The second-order valence-corrected chi connectivity index (χ2v) is 6.70. The van der Waals surface area contributed by atoms with Gasteiger partial charge in [-0.25, -0.2) is 4.39 Å². The highest BCUT2D eigenvalue weighted by Crippen LogP contribution is 2.32. The monoisotopic (exact) mass is 357 g/mol. The highest BCUT2D eigenvalue weighted by molar-refractivity contribution is 6.08. The molecule has 2 aromatic rings. The summed E-state index contributed by atoms with van der Waals surface area (Å²) in [5, 5.41) is 0. The molecule has 1 aliphatic heterocycles. The molecule has 1 unspecified atom stereocenters. The van der Waals surface area contributed by atoms with Gasteiger partial charge in [-0.3, -0.25) is 9.59 Å². The SMILES string of the molecule is CCCCCCOC(=O)C1CCn2c(C(=O)c3ccc(F)cc3)ccc21. The van der Waals surface area contributed by atoms with Crippen molar-refractivity contribution in [1.82, 2.24) is 4.57 Å². The van der Waals surface area contributed by atoms with Crippen LogP contribution in [0, 0.1) is 5.82 Å². The van der Waals surface area contributed by atoms with E-state index in [4.69, 9.17) is 4.74 Å². The number of carbonyl (C=O) groups is 2. The average Bonchev–Trinajstić information content (AvgIpc) is 3.23. The van der Waals surface area contributed by atoms with Gasteiger partial charge in [0.15, 0.2) is 0 Å². The Kier molecular flexibility index (Phi) is 5.86. The third kappa shape index (κ3) is 3.87. The van der Waals surface area contributed by atoms with Crippen LogP contribution >= 0.6 is 0 Å². The van der Waals surface area contributed by atoms with Gasteiger partial charge in [0.1, 0.15) is 5.82 Å². The van der Waals surface area contributed by atoms with Crippen molar-refractivity contribution in [3.8, 4) is 0 Å². The smallest absolute Gasteiger partial charge is 0.315 e. The van der Waals surface area contributed by atoms with Gasteiger partial charge < -0.3 is 9.30 Å². The summed E-state index contributed by atoms with van der Waals surface area (Å²) < 4.78 is 20.4. The predicted molar refractivity (Wildman–Crippen MR) is 96.7 cm³/mol. The highest BCUT2D eigenvalue weighted by Gasteiger charge is 2.32. The first-order valence-corrected chi connectivity index (χ1v) is 9.28. The van der Waals surface area contributed by atoms with Crippen molar-refractivity contribution >= 4 is 11.8 Å². The molecule has 1 aliphatic rings. The fourth-order valence-corrected chi connectivity index (χ4v) is 3.43. The minimum Gasteiger partial charge on any atom is -0.465 e. The molecule has 1 aromatic heterocycles. The molecule has 1 atom stereocenters. The molecule has 0 spiro atoms. The third-order valence-electron chi connectivity index (χ3n) is 4.88. The zero-order chi connectivity index (χ0) is 18.5. The molecule has 0 radical (unpaired) electrons. The lowest BCUT2D eigenvalue weighted by molar-refractivity contribution is -0.145. The molecule has 138 valence electrons. The number of fused-ring (bicyclic) bond motifs is 1. The Hall–Kier alpha value is -2.43. The van der Waals surface area contributed by atoms with Gasteiger partial charge in [0.2, 0.25) is 5.78 Å². The molecule has 0 amide bonds. The molecular weight excluding hydrogens is 333 g/mol. The Morgan fingerprint density at radius 2 is 1.88 bits per heavy atom. The Balaban J connectivity index is 1.66. The van der Waals surface area contributed by atoms with Crippen LogP contribution in [-0.4, -0.2) is 22.9 Å². The molecular formula is C21H24FNO3. The molecule has 0 fully saturated rings. The number of unbranched alkanes of at least 4 members (excludes halogenated alkanes) is 3. The summed E-state index contributed by atoms with van der Waals surface area (Å²) in [5.41, 5.74) is 1.80. The molecule has 0 bridgehead atoms. The van der Waals surface area contributed by atoms with E-state index in [-0.39, 0.29) is 23.5 Å². The van der Waals surface area contributed by atoms with Gasteiger partial charge in [-0.05, 0) is 49.2 Å². The van der Waals surface area contributed by atoms with Crippen molar-refractivity contribution in [3.63, 3.8) is 0 Å². The van der Waals surface area contributed by atoms with Gasteiger partial charge in [-0.15, -0.1) is 0 Å². The zero-order valence-electron chi connectivity index (χ0n) is 15.0. The van der Waals surface area contributed by atoms with E-state index in [2.05, 4.69) is 6.92 Å². The van der Waals surface area contributed by atoms with Gasteiger partial charge in [0.05, 0.1) is 18.2 Å². The van der Waals surface area contributed by atoms with Gasteiger partial charge in [-0.1, -0.05) is 26.2 Å². The summed E-state index contributed by atoms with van der Waals surface area (Å²) in [6, 6.07) is 9.08. The van der Waals surface area contributed by atoms with Crippen molar-refractivity contribution in [3.05, 3.63) is 59.2 Å². The summed E-state index contributed by atoms with van der Waals surface area (Å²) in [4.78, 5) is 25.0. The molecule has 0 saturated heterocycles. The topological polar surface area (TPSA) is 48.3 Å². The summed E-state index contributed by atoms with van der Waals surface area (Å²) in [6.45, 7) is 3.21. The fourth-order valence-electron chi connectivity index (χ4n) is 3.43. The van der Waals surface area contributed by atoms with E-state index < -0.39 is 0 Å². The standard InChI is InChI=1S/C21H24FNO3/c1-2-3-4-5-14-26-21(25)17-12-13-23-18(17)10-11-19(23)20(24)15-6-8-16(22)9-7-15/h6-11,17H,2-5,12-14H2,1H3. The van der Waals surface area contributed by atoms with E-state index >= 15 is 0 Å². The number of rotatable bonds is 8. The summed E-state index contributed by atoms with van der Waals surface area (Å²) in [6.07, 6.45) is 4.91. The number of aromatic nitrogens is 1. The fraction of sp³-hybridized carbons (Fsp3) is 0.429. The molecule has 0 saturated carbocycles. The minimum absolute atomic E-state index is 0.162. The van der Waals surface area contributed by atoms with Crippen molar-refractivity contribution < 1.29 is 18.7 Å². The Morgan fingerprint density at radius 3 is 2.62 bits per heavy atom.